The largest absolute Gasteiger partial charge is 0.458 e. The lowest BCUT2D eigenvalue weighted by molar-refractivity contribution is -0.157. The number of rotatable bonds is 1. The van der Waals surface area contributed by atoms with E-state index in [1.165, 1.54) is 12.8 Å². The van der Waals surface area contributed by atoms with E-state index in [0.29, 0.717) is 11.8 Å². The van der Waals surface area contributed by atoms with Crippen LogP contribution in [0.3, 0.4) is 0 Å². The van der Waals surface area contributed by atoms with Crippen molar-refractivity contribution in [1.29, 1.82) is 0 Å². The van der Waals surface area contributed by atoms with Crippen molar-refractivity contribution in [2.45, 2.75) is 51.7 Å². The van der Waals surface area contributed by atoms with Crippen molar-refractivity contribution in [3.63, 3.8) is 0 Å². The van der Waals surface area contributed by atoms with Crippen LogP contribution in [-0.4, -0.2) is 23.8 Å². The zero-order chi connectivity index (χ0) is 11.1. The van der Waals surface area contributed by atoms with Gasteiger partial charge >= 0.3 is 5.97 Å². The van der Waals surface area contributed by atoms with E-state index in [4.69, 9.17) is 4.74 Å². The second kappa shape index (κ2) is 3.62. The minimum Gasteiger partial charge on any atom is -0.458 e. The summed E-state index contributed by atoms with van der Waals surface area (Å²) in [4.78, 5) is 16.2. The Bertz CT molecular complexity index is 290. The summed E-state index contributed by atoms with van der Waals surface area (Å²) in [6, 6.07) is -0.225. The van der Waals surface area contributed by atoms with E-state index in [1.54, 1.807) is 0 Å². The quantitative estimate of drug-likeness (QED) is 0.621. The molecule has 0 aromatic carbocycles. The fourth-order valence-corrected chi connectivity index (χ4v) is 2.51. The summed E-state index contributed by atoms with van der Waals surface area (Å²) >= 11 is 0. The predicted molar refractivity (Wildman–Crippen MR) is 59.0 cm³/mol. The van der Waals surface area contributed by atoms with Crippen LogP contribution in [0, 0.1) is 11.8 Å². The molecule has 2 rings (SSSR count). The number of carbonyl (C=O) groups is 1. The molecule has 1 aliphatic heterocycles. The van der Waals surface area contributed by atoms with Gasteiger partial charge in [0.25, 0.3) is 0 Å². The minimum absolute atomic E-state index is 0.145. The molecule has 1 heterocycles. The van der Waals surface area contributed by atoms with Crippen molar-refractivity contribution in [1.82, 2.24) is 0 Å². The van der Waals surface area contributed by atoms with Crippen LogP contribution in [-0.2, 0) is 9.53 Å². The number of hydrogen-bond donors (Lipinski definition) is 0. The average molecular weight is 209 g/mol. The molecule has 0 N–H and O–H groups in total. The van der Waals surface area contributed by atoms with Crippen molar-refractivity contribution in [3.05, 3.63) is 0 Å². The van der Waals surface area contributed by atoms with Crippen LogP contribution in [0.2, 0.25) is 0 Å². The summed E-state index contributed by atoms with van der Waals surface area (Å²) in [6.45, 7) is 5.70. The van der Waals surface area contributed by atoms with Gasteiger partial charge in [-0.2, -0.15) is 0 Å². The molecule has 0 aromatic heterocycles. The van der Waals surface area contributed by atoms with E-state index in [1.807, 2.05) is 27.0 Å². The molecule has 15 heavy (non-hydrogen) atoms. The van der Waals surface area contributed by atoms with Crippen molar-refractivity contribution < 1.29 is 9.53 Å². The highest BCUT2D eigenvalue weighted by Crippen LogP contribution is 2.38. The summed E-state index contributed by atoms with van der Waals surface area (Å²) in [7, 11) is 0. The fourth-order valence-electron chi connectivity index (χ4n) is 2.51. The lowest BCUT2D eigenvalue weighted by Crippen LogP contribution is -2.34. The van der Waals surface area contributed by atoms with Gasteiger partial charge in [-0.15, -0.1) is 0 Å². The van der Waals surface area contributed by atoms with Crippen LogP contribution >= 0.6 is 0 Å². The van der Waals surface area contributed by atoms with Crippen LogP contribution in [0.4, 0.5) is 0 Å². The fraction of sp³-hybridized carbons (Fsp3) is 0.833. The maximum atomic E-state index is 11.9. The van der Waals surface area contributed by atoms with Gasteiger partial charge < -0.3 is 4.74 Å². The van der Waals surface area contributed by atoms with E-state index < -0.39 is 5.60 Å². The second-order valence-corrected chi connectivity index (χ2v) is 5.54. The number of ether oxygens (including phenoxy) is 1. The molecule has 0 unspecified atom stereocenters. The van der Waals surface area contributed by atoms with Gasteiger partial charge in [0.2, 0.25) is 0 Å². The van der Waals surface area contributed by atoms with Crippen molar-refractivity contribution in [2.75, 3.05) is 0 Å². The summed E-state index contributed by atoms with van der Waals surface area (Å²) < 4.78 is 5.38. The van der Waals surface area contributed by atoms with Gasteiger partial charge in [-0.05, 0) is 45.4 Å². The van der Waals surface area contributed by atoms with E-state index in [-0.39, 0.29) is 12.0 Å². The van der Waals surface area contributed by atoms with Gasteiger partial charge in [-0.3, -0.25) is 4.99 Å². The third-order valence-electron chi connectivity index (χ3n) is 3.12. The summed E-state index contributed by atoms with van der Waals surface area (Å²) in [5.41, 5.74) is -0.400. The van der Waals surface area contributed by atoms with Gasteiger partial charge in [-0.25, -0.2) is 4.79 Å². The molecule has 0 bridgehead atoms. The van der Waals surface area contributed by atoms with Crippen LogP contribution in [0.15, 0.2) is 4.99 Å². The molecule has 0 amide bonds. The Kier molecular flexibility index (Phi) is 2.57. The molecular weight excluding hydrogens is 190 g/mol. The number of esters is 1. The molecule has 1 fully saturated rings. The molecule has 84 valence electrons. The molecule has 0 spiro atoms. The molecule has 1 aliphatic carbocycles. The van der Waals surface area contributed by atoms with Gasteiger partial charge in [0.1, 0.15) is 5.60 Å². The van der Waals surface area contributed by atoms with Crippen molar-refractivity contribution >= 4 is 12.2 Å². The number of fused-ring (bicyclic) bond motifs is 1. The molecule has 2 aliphatic rings. The maximum absolute atomic E-state index is 11.9. The van der Waals surface area contributed by atoms with Gasteiger partial charge in [-0.1, -0.05) is 6.42 Å². The minimum atomic E-state index is -0.400. The molecule has 1 saturated carbocycles. The van der Waals surface area contributed by atoms with Crippen LogP contribution in [0.1, 0.15) is 40.0 Å². The number of nitrogens with zero attached hydrogens (tertiary/aromatic N) is 1. The second-order valence-electron chi connectivity index (χ2n) is 5.54. The first-order valence-electron chi connectivity index (χ1n) is 5.73. The SMILES string of the molecule is CC(C)(C)OC(=O)[C@H]1N=C[C@@H]2CCC[C@@H]21. The van der Waals surface area contributed by atoms with Gasteiger partial charge in [0.05, 0.1) is 0 Å². The molecule has 3 heteroatoms. The zero-order valence-electron chi connectivity index (χ0n) is 9.69. The summed E-state index contributed by atoms with van der Waals surface area (Å²) in [6.07, 6.45) is 5.49. The monoisotopic (exact) mass is 209 g/mol. The Morgan fingerprint density at radius 1 is 1.40 bits per heavy atom. The van der Waals surface area contributed by atoms with Crippen molar-refractivity contribution in [3.8, 4) is 0 Å². The highest BCUT2D eigenvalue weighted by atomic mass is 16.6. The van der Waals surface area contributed by atoms with Crippen LogP contribution < -0.4 is 0 Å². The topological polar surface area (TPSA) is 38.7 Å². The Hall–Kier alpha value is -0.860. The van der Waals surface area contributed by atoms with E-state index >= 15 is 0 Å². The van der Waals surface area contributed by atoms with E-state index in [2.05, 4.69) is 4.99 Å². The molecular formula is C12H19NO2. The molecule has 0 saturated heterocycles. The van der Waals surface area contributed by atoms with E-state index in [0.717, 1.165) is 6.42 Å². The lowest BCUT2D eigenvalue weighted by Gasteiger charge is -2.23. The third kappa shape index (κ3) is 2.21. The average Bonchev–Trinajstić information content (AvgIpc) is 2.57. The molecule has 3 atom stereocenters. The number of carbonyl (C=O) groups excluding carboxylic acids is 1. The summed E-state index contributed by atoms with van der Waals surface area (Å²) in [5, 5.41) is 0. The Morgan fingerprint density at radius 3 is 2.80 bits per heavy atom. The number of aliphatic imine (C=N–C) groups is 1. The van der Waals surface area contributed by atoms with Gasteiger partial charge in [0.15, 0.2) is 6.04 Å². The van der Waals surface area contributed by atoms with Crippen molar-refractivity contribution in [2.24, 2.45) is 16.8 Å². The van der Waals surface area contributed by atoms with Gasteiger partial charge in [0, 0.05) is 6.21 Å². The zero-order valence-corrected chi connectivity index (χ0v) is 9.69. The highest BCUT2D eigenvalue weighted by Gasteiger charge is 2.42. The third-order valence-corrected chi connectivity index (χ3v) is 3.12. The van der Waals surface area contributed by atoms with Crippen LogP contribution in [0.5, 0.6) is 0 Å². The maximum Gasteiger partial charge on any atom is 0.331 e. The highest BCUT2D eigenvalue weighted by molar-refractivity contribution is 5.82. The molecule has 0 radical (unpaired) electrons. The van der Waals surface area contributed by atoms with E-state index in [9.17, 15) is 4.79 Å². The first-order valence-corrected chi connectivity index (χ1v) is 5.73. The first-order chi connectivity index (χ1) is 6.97. The predicted octanol–water partition coefficient (Wildman–Crippen LogP) is 2.20. The standard InChI is InChI=1S/C12H19NO2/c1-12(2,3)15-11(14)10-9-6-4-5-8(9)7-13-10/h7-10H,4-6H2,1-3H3/t8-,9-,10-/m0/s1. The Balaban J connectivity index is 2.00. The normalized spacial score (nSPS) is 34.2. The Morgan fingerprint density at radius 2 is 2.13 bits per heavy atom. The summed E-state index contributed by atoms with van der Waals surface area (Å²) in [5.74, 6) is 0.801. The lowest BCUT2D eigenvalue weighted by atomic mass is 9.93. The number of hydrogen-bond acceptors (Lipinski definition) is 3. The molecule has 3 nitrogen and oxygen atoms in total. The Labute approximate surface area is 90.9 Å². The van der Waals surface area contributed by atoms with Crippen LogP contribution in [0.25, 0.3) is 0 Å². The smallest absolute Gasteiger partial charge is 0.331 e. The first kappa shape index (κ1) is 10.7. The molecule has 0 aromatic rings.